The number of ether oxygens (including phenoxy) is 1. The van der Waals surface area contributed by atoms with Crippen LogP contribution in [0.1, 0.15) is 56.2 Å². The van der Waals surface area contributed by atoms with Crippen LogP contribution in [0.15, 0.2) is 60.7 Å². The highest BCUT2D eigenvalue weighted by atomic mass is 16.5. The summed E-state index contributed by atoms with van der Waals surface area (Å²) in [5, 5.41) is 11.5. The first-order valence-electron chi connectivity index (χ1n) is 11.2. The largest absolute Gasteiger partial charge is 0.493 e. The van der Waals surface area contributed by atoms with Crippen LogP contribution < -0.4 is 9.64 Å². The Kier molecular flexibility index (Phi) is 6.37. The molecule has 0 spiro atoms. The predicted molar refractivity (Wildman–Crippen MR) is 118 cm³/mol. The first-order chi connectivity index (χ1) is 14.2. The Balaban J connectivity index is 1.63. The number of piperidine rings is 1. The summed E-state index contributed by atoms with van der Waals surface area (Å²) in [4.78, 5) is 1.54. The molecule has 2 aliphatic rings. The number of fused-ring (bicyclic) bond motifs is 1. The van der Waals surface area contributed by atoms with Crippen molar-refractivity contribution in [2.45, 2.75) is 50.7 Å². The number of aliphatic hydroxyl groups is 1. The van der Waals surface area contributed by atoms with Crippen LogP contribution >= 0.6 is 0 Å². The summed E-state index contributed by atoms with van der Waals surface area (Å²) < 4.78 is 6.01. The summed E-state index contributed by atoms with van der Waals surface area (Å²) in [6.07, 6.45) is 9.84. The SMILES string of the molecule is CCOc1ccccc1[C@@H]1[C@@H]2CCCC[C@@]2(O)CC[NH+]1C/C=C/c1ccccc1. The molecule has 0 amide bonds. The van der Waals surface area contributed by atoms with Crippen molar-refractivity contribution in [1.82, 2.24) is 0 Å². The van der Waals surface area contributed by atoms with Crippen molar-refractivity contribution >= 4 is 6.08 Å². The summed E-state index contributed by atoms with van der Waals surface area (Å²) >= 11 is 0. The monoisotopic (exact) mass is 392 g/mol. The maximum atomic E-state index is 11.5. The number of likely N-dealkylation sites (tertiary alicyclic amines) is 1. The zero-order chi connectivity index (χ0) is 20.1. The summed E-state index contributed by atoms with van der Waals surface area (Å²) in [6.45, 7) is 4.67. The molecule has 1 heterocycles. The number of nitrogens with one attached hydrogen (secondary N) is 1. The lowest BCUT2D eigenvalue weighted by Gasteiger charge is -2.50. The average Bonchev–Trinajstić information content (AvgIpc) is 2.75. The quantitative estimate of drug-likeness (QED) is 0.778. The number of hydrogen-bond donors (Lipinski definition) is 2. The molecular weight excluding hydrogens is 358 g/mol. The molecular formula is C26H34NO2+. The molecule has 0 bridgehead atoms. The molecule has 2 N–H and O–H groups in total. The Bertz CT molecular complexity index is 818. The molecule has 4 rings (SSSR count). The third-order valence-electron chi connectivity index (χ3n) is 6.83. The Morgan fingerprint density at radius 3 is 2.69 bits per heavy atom. The summed E-state index contributed by atoms with van der Waals surface area (Å²) in [7, 11) is 0. The molecule has 3 heteroatoms. The van der Waals surface area contributed by atoms with Crippen molar-refractivity contribution in [3.8, 4) is 5.75 Å². The molecule has 4 atom stereocenters. The van der Waals surface area contributed by atoms with Crippen LogP contribution in [-0.4, -0.2) is 30.4 Å². The van der Waals surface area contributed by atoms with Crippen molar-refractivity contribution in [1.29, 1.82) is 0 Å². The van der Waals surface area contributed by atoms with Gasteiger partial charge in [0.1, 0.15) is 11.8 Å². The highest BCUT2D eigenvalue weighted by Crippen LogP contribution is 2.45. The second-order valence-corrected chi connectivity index (χ2v) is 8.58. The lowest BCUT2D eigenvalue weighted by molar-refractivity contribution is -0.939. The lowest BCUT2D eigenvalue weighted by Crippen LogP contribution is -3.14. The molecule has 2 aromatic rings. The van der Waals surface area contributed by atoms with Gasteiger partial charge in [0.05, 0.1) is 30.9 Å². The van der Waals surface area contributed by atoms with E-state index < -0.39 is 5.60 Å². The Hall–Kier alpha value is -2.10. The fourth-order valence-corrected chi connectivity index (χ4v) is 5.45. The van der Waals surface area contributed by atoms with E-state index in [1.807, 2.05) is 6.92 Å². The third-order valence-corrected chi connectivity index (χ3v) is 6.83. The fourth-order valence-electron chi connectivity index (χ4n) is 5.45. The van der Waals surface area contributed by atoms with Crippen LogP contribution in [0.25, 0.3) is 6.08 Å². The van der Waals surface area contributed by atoms with E-state index in [9.17, 15) is 5.11 Å². The molecule has 1 aliphatic carbocycles. The second-order valence-electron chi connectivity index (χ2n) is 8.58. The van der Waals surface area contributed by atoms with Crippen LogP contribution in [0.5, 0.6) is 5.75 Å². The molecule has 1 aliphatic heterocycles. The molecule has 3 nitrogen and oxygen atoms in total. The van der Waals surface area contributed by atoms with E-state index in [2.05, 4.69) is 66.7 Å². The smallest absolute Gasteiger partial charge is 0.128 e. The molecule has 1 unspecified atom stereocenters. The maximum absolute atomic E-state index is 11.5. The molecule has 1 saturated heterocycles. The first-order valence-corrected chi connectivity index (χ1v) is 11.2. The summed E-state index contributed by atoms with van der Waals surface area (Å²) in [5.41, 5.74) is 1.99. The number of hydrogen-bond acceptors (Lipinski definition) is 2. The molecule has 0 radical (unpaired) electrons. The molecule has 0 aromatic heterocycles. The van der Waals surface area contributed by atoms with Gasteiger partial charge in [-0.25, -0.2) is 0 Å². The minimum atomic E-state index is -0.519. The van der Waals surface area contributed by atoms with Gasteiger partial charge in [-0.3, -0.25) is 0 Å². The Labute approximate surface area is 175 Å². The van der Waals surface area contributed by atoms with Gasteiger partial charge in [-0.1, -0.05) is 61.4 Å². The highest BCUT2D eigenvalue weighted by molar-refractivity contribution is 5.48. The molecule has 1 saturated carbocycles. The zero-order valence-corrected chi connectivity index (χ0v) is 17.5. The first kappa shape index (κ1) is 20.2. The Morgan fingerprint density at radius 2 is 1.86 bits per heavy atom. The average molecular weight is 393 g/mol. The summed E-state index contributed by atoms with van der Waals surface area (Å²) in [5.74, 6) is 1.28. The third kappa shape index (κ3) is 4.41. The van der Waals surface area contributed by atoms with Gasteiger partial charge in [-0.15, -0.1) is 0 Å². The van der Waals surface area contributed by atoms with Gasteiger partial charge in [-0.2, -0.15) is 0 Å². The molecule has 29 heavy (non-hydrogen) atoms. The maximum Gasteiger partial charge on any atom is 0.128 e. The standard InChI is InChI=1S/C26H33NO2/c1-2-29-24-16-7-6-14-22(24)25-23-15-8-9-17-26(23,28)18-20-27(25)19-10-13-21-11-4-3-5-12-21/h3-7,10-14,16,23,25,28H,2,8-9,15,17-20H2,1H3/p+1/b13-10+/t23-,25+,26+/m0/s1. The normalized spacial score (nSPS) is 29.5. The van der Waals surface area contributed by atoms with E-state index in [0.29, 0.717) is 12.5 Å². The van der Waals surface area contributed by atoms with Crippen molar-refractivity contribution < 1.29 is 14.7 Å². The number of quaternary nitrogens is 1. The van der Waals surface area contributed by atoms with Gasteiger partial charge < -0.3 is 14.7 Å². The van der Waals surface area contributed by atoms with Gasteiger partial charge in [0.15, 0.2) is 0 Å². The second kappa shape index (κ2) is 9.15. The van der Waals surface area contributed by atoms with Crippen LogP contribution in [-0.2, 0) is 0 Å². The van der Waals surface area contributed by atoms with Crippen LogP contribution in [0.2, 0.25) is 0 Å². The number of para-hydroxylation sites is 1. The highest BCUT2D eigenvalue weighted by Gasteiger charge is 2.52. The Morgan fingerprint density at radius 1 is 1.07 bits per heavy atom. The number of rotatable bonds is 6. The molecule has 2 fully saturated rings. The number of benzene rings is 2. The molecule has 154 valence electrons. The van der Waals surface area contributed by atoms with E-state index in [4.69, 9.17) is 4.74 Å². The minimum Gasteiger partial charge on any atom is -0.493 e. The van der Waals surface area contributed by atoms with E-state index in [0.717, 1.165) is 44.5 Å². The summed E-state index contributed by atoms with van der Waals surface area (Å²) in [6, 6.07) is 19.3. The van der Waals surface area contributed by atoms with E-state index in [-0.39, 0.29) is 6.04 Å². The van der Waals surface area contributed by atoms with Gasteiger partial charge in [0.25, 0.3) is 0 Å². The van der Waals surface area contributed by atoms with Crippen molar-refractivity contribution in [3.63, 3.8) is 0 Å². The lowest BCUT2D eigenvalue weighted by atomic mass is 9.66. The van der Waals surface area contributed by atoms with Crippen LogP contribution in [0, 0.1) is 5.92 Å². The van der Waals surface area contributed by atoms with Gasteiger partial charge >= 0.3 is 0 Å². The van der Waals surface area contributed by atoms with E-state index in [1.165, 1.54) is 17.5 Å². The topological polar surface area (TPSA) is 33.9 Å². The van der Waals surface area contributed by atoms with Crippen molar-refractivity contribution in [2.24, 2.45) is 5.92 Å². The van der Waals surface area contributed by atoms with E-state index >= 15 is 0 Å². The van der Waals surface area contributed by atoms with Crippen LogP contribution in [0.4, 0.5) is 0 Å². The molecule has 2 aromatic carbocycles. The van der Waals surface area contributed by atoms with Gasteiger partial charge in [0, 0.05) is 12.3 Å². The van der Waals surface area contributed by atoms with Gasteiger partial charge in [0.2, 0.25) is 0 Å². The van der Waals surface area contributed by atoms with E-state index in [1.54, 1.807) is 4.90 Å². The van der Waals surface area contributed by atoms with Crippen molar-refractivity contribution in [3.05, 3.63) is 71.8 Å². The fraction of sp³-hybridized carbons (Fsp3) is 0.462. The van der Waals surface area contributed by atoms with Gasteiger partial charge in [-0.05, 0) is 43.5 Å². The van der Waals surface area contributed by atoms with Crippen LogP contribution in [0.3, 0.4) is 0 Å². The van der Waals surface area contributed by atoms with Crippen molar-refractivity contribution in [2.75, 3.05) is 19.7 Å². The zero-order valence-electron chi connectivity index (χ0n) is 17.5. The minimum absolute atomic E-state index is 0.275. The predicted octanol–water partition coefficient (Wildman–Crippen LogP) is 4.05.